The van der Waals surface area contributed by atoms with E-state index in [1.807, 2.05) is 61.7 Å². The van der Waals surface area contributed by atoms with E-state index >= 15 is 0 Å². The Morgan fingerprint density at radius 2 is 2.03 bits per heavy atom. The first-order chi connectivity index (χ1) is 16.6. The van der Waals surface area contributed by atoms with E-state index in [1.165, 1.54) is 0 Å². The van der Waals surface area contributed by atoms with Crippen molar-refractivity contribution in [1.82, 2.24) is 25.0 Å². The molecular formula is C26H31N5O3. The first-order valence-electron chi connectivity index (χ1n) is 11.8. The molecule has 0 aliphatic carbocycles. The zero-order valence-corrected chi connectivity index (χ0v) is 19.5. The molecule has 0 saturated carbocycles. The van der Waals surface area contributed by atoms with Gasteiger partial charge in [-0.2, -0.15) is 5.10 Å². The van der Waals surface area contributed by atoms with E-state index in [9.17, 15) is 9.59 Å². The zero-order chi connectivity index (χ0) is 23.8. The van der Waals surface area contributed by atoms with Crippen molar-refractivity contribution in [3.8, 4) is 5.75 Å². The first kappa shape index (κ1) is 23.5. The summed E-state index contributed by atoms with van der Waals surface area (Å²) >= 11 is 0. The van der Waals surface area contributed by atoms with Crippen LogP contribution in [0.2, 0.25) is 0 Å². The Kier molecular flexibility index (Phi) is 7.91. The summed E-state index contributed by atoms with van der Waals surface area (Å²) in [5.41, 5.74) is 2.72. The van der Waals surface area contributed by atoms with E-state index in [1.54, 1.807) is 15.8 Å². The van der Waals surface area contributed by atoms with Crippen molar-refractivity contribution in [2.24, 2.45) is 0 Å². The molecule has 0 bridgehead atoms. The van der Waals surface area contributed by atoms with Crippen LogP contribution in [-0.4, -0.2) is 44.1 Å². The largest absolute Gasteiger partial charge is 0.487 e. The molecule has 1 atom stereocenters. The van der Waals surface area contributed by atoms with Gasteiger partial charge in [0.2, 0.25) is 11.8 Å². The van der Waals surface area contributed by atoms with E-state index in [0.717, 1.165) is 35.5 Å². The van der Waals surface area contributed by atoms with Crippen LogP contribution in [0.5, 0.6) is 5.75 Å². The van der Waals surface area contributed by atoms with Crippen LogP contribution in [0.25, 0.3) is 0 Å². The second-order valence-corrected chi connectivity index (χ2v) is 8.55. The Morgan fingerprint density at radius 1 is 1.18 bits per heavy atom. The van der Waals surface area contributed by atoms with Gasteiger partial charge in [0.1, 0.15) is 18.4 Å². The summed E-state index contributed by atoms with van der Waals surface area (Å²) in [6.07, 6.45) is 6.41. The van der Waals surface area contributed by atoms with E-state index in [2.05, 4.69) is 15.4 Å². The van der Waals surface area contributed by atoms with Gasteiger partial charge in [0, 0.05) is 38.4 Å². The fourth-order valence-corrected chi connectivity index (χ4v) is 4.06. The van der Waals surface area contributed by atoms with E-state index < -0.39 is 6.04 Å². The minimum atomic E-state index is -0.463. The van der Waals surface area contributed by atoms with Crippen molar-refractivity contribution in [3.05, 3.63) is 77.9 Å². The minimum absolute atomic E-state index is 0.0503. The van der Waals surface area contributed by atoms with Crippen molar-refractivity contribution in [2.45, 2.75) is 58.3 Å². The molecule has 1 aliphatic rings. The van der Waals surface area contributed by atoms with Crippen LogP contribution >= 0.6 is 0 Å². The second kappa shape index (κ2) is 11.4. The number of nitrogens with zero attached hydrogens (tertiary/aromatic N) is 4. The van der Waals surface area contributed by atoms with Gasteiger partial charge in [-0.1, -0.05) is 18.2 Å². The lowest BCUT2D eigenvalue weighted by Crippen LogP contribution is -2.48. The molecule has 2 aromatic heterocycles. The Hall–Kier alpha value is -3.68. The monoisotopic (exact) mass is 461 g/mol. The van der Waals surface area contributed by atoms with Crippen molar-refractivity contribution in [2.75, 3.05) is 6.54 Å². The van der Waals surface area contributed by atoms with E-state index in [0.29, 0.717) is 32.7 Å². The maximum absolute atomic E-state index is 13.3. The summed E-state index contributed by atoms with van der Waals surface area (Å²) in [5.74, 6) is 0.607. The Bertz CT molecular complexity index is 1080. The molecule has 1 N–H and O–H groups in total. The summed E-state index contributed by atoms with van der Waals surface area (Å²) in [5, 5.41) is 7.32. The summed E-state index contributed by atoms with van der Waals surface area (Å²) in [4.78, 5) is 32.0. The lowest BCUT2D eigenvalue weighted by Gasteiger charge is -2.30. The topological polar surface area (TPSA) is 89.4 Å². The molecule has 2 amide bonds. The van der Waals surface area contributed by atoms with Crippen molar-refractivity contribution < 1.29 is 14.3 Å². The second-order valence-electron chi connectivity index (χ2n) is 8.55. The van der Waals surface area contributed by atoms with E-state index in [-0.39, 0.29) is 18.2 Å². The minimum Gasteiger partial charge on any atom is -0.487 e. The normalized spacial score (nSPS) is 15.9. The summed E-state index contributed by atoms with van der Waals surface area (Å²) in [6.45, 7) is 3.82. The van der Waals surface area contributed by atoms with Gasteiger partial charge in [-0.05, 0) is 62.1 Å². The van der Waals surface area contributed by atoms with Crippen LogP contribution in [0, 0.1) is 6.92 Å². The molecule has 1 aliphatic heterocycles. The number of aryl methyl sites for hydroxylation is 2. The molecule has 1 saturated heterocycles. The third-order valence-electron chi connectivity index (χ3n) is 5.92. The maximum Gasteiger partial charge on any atom is 0.242 e. The van der Waals surface area contributed by atoms with Crippen molar-refractivity contribution >= 4 is 11.8 Å². The number of ether oxygens (including phenoxy) is 1. The number of amides is 2. The number of pyridine rings is 1. The van der Waals surface area contributed by atoms with Crippen LogP contribution in [0.4, 0.5) is 0 Å². The molecule has 3 aromatic rings. The van der Waals surface area contributed by atoms with Gasteiger partial charge in [0.05, 0.1) is 11.4 Å². The van der Waals surface area contributed by atoms with Gasteiger partial charge in [0.15, 0.2) is 0 Å². The quantitative estimate of drug-likeness (QED) is 0.528. The standard InChI is InChI=1S/C26H31N5O3/c1-20-12-16-30(29-20)17-13-25(32)31(24-7-3-5-15-28-26(24)33)18-21-8-10-23(11-9-21)34-19-22-6-2-4-14-27-22/h2,4,6,8-12,14,16,24H,3,5,7,13,15,17-19H2,1H3,(H,28,33)/t24-/m0/s1. The number of carbonyl (C=O) groups is 2. The summed E-state index contributed by atoms with van der Waals surface area (Å²) < 4.78 is 7.59. The zero-order valence-electron chi connectivity index (χ0n) is 19.5. The summed E-state index contributed by atoms with van der Waals surface area (Å²) in [6, 6.07) is 14.8. The molecule has 1 aromatic carbocycles. The van der Waals surface area contributed by atoms with Gasteiger partial charge in [-0.15, -0.1) is 0 Å². The predicted octanol–water partition coefficient (Wildman–Crippen LogP) is 3.25. The van der Waals surface area contributed by atoms with Gasteiger partial charge in [-0.25, -0.2) is 0 Å². The highest BCUT2D eigenvalue weighted by atomic mass is 16.5. The smallest absolute Gasteiger partial charge is 0.242 e. The molecule has 0 unspecified atom stereocenters. The third-order valence-corrected chi connectivity index (χ3v) is 5.92. The number of hydrogen-bond acceptors (Lipinski definition) is 5. The number of nitrogens with one attached hydrogen (secondary N) is 1. The van der Waals surface area contributed by atoms with Crippen molar-refractivity contribution in [3.63, 3.8) is 0 Å². The average Bonchev–Trinajstić information content (AvgIpc) is 3.16. The molecule has 4 rings (SSSR count). The van der Waals surface area contributed by atoms with Gasteiger partial charge < -0.3 is 15.0 Å². The van der Waals surface area contributed by atoms with E-state index in [4.69, 9.17) is 4.74 Å². The van der Waals surface area contributed by atoms with Crippen molar-refractivity contribution in [1.29, 1.82) is 0 Å². The maximum atomic E-state index is 13.3. The summed E-state index contributed by atoms with van der Waals surface area (Å²) in [7, 11) is 0. The van der Waals surface area contributed by atoms with Crippen LogP contribution in [-0.2, 0) is 29.3 Å². The molecule has 8 heteroatoms. The molecule has 1 fully saturated rings. The Morgan fingerprint density at radius 3 is 2.76 bits per heavy atom. The molecular weight excluding hydrogens is 430 g/mol. The molecule has 3 heterocycles. The van der Waals surface area contributed by atoms with Gasteiger partial charge in [-0.3, -0.25) is 19.3 Å². The van der Waals surface area contributed by atoms with Crippen LogP contribution in [0.3, 0.4) is 0 Å². The lowest BCUT2D eigenvalue weighted by atomic mass is 10.1. The van der Waals surface area contributed by atoms with Crippen LogP contribution < -0.4 is 10.1 Å². The molecule has 0 spiro atoms. The number of benzene rings is 1. The highest BCUT2D eigenvalue weighted by Gasteiger charge is 2.30. The Labute approximate surface area is 199 Å². The molecule has 34 heavy (non-hydrogen) atoms. The predicted molar refractivity (Wildman–Crippen MR) is 128 cm³/mol. The third kappa shape index (κ3) is 6.43. The fraction of sp³-hybridized carbons (Fsp3) is 0.385. The first-order valence-corrected chi connectivity index (χ1v) is 11.8. The molecule has 178 valence electrons. The number of hydrogen-bond donors (Lipinski definition) is 1. The van der Waals surface area contributed by atoms with Gasteiger partial charge >= 0.3 is 0 Å². The highest BCUT2D eigenvalue weighted by molar-refractivity contribution is 5.87. The molecule has 0 radical (unpaired) electrons. The van der Waals surface area contributed by atoms with Gasteiger partial charge in [0.25, 0.3) is 0 Å². The number of carbonyl (C=O) groups excluding carboxylic acids is 2. The fourth-order valence-electron chi connectivity index (χ4n) is 4.06. The average molecular weight is 462 g/mol. The number of rotatable bonds is 9. The Balaban J connectivity index is 1.43. The van der Waals surface area contributed by atoms with Crippen LogP contribution in [0.1, 0.15) is 42.6 Å². The highest BCUT2D eigenvalue weighted by Crippen LogP contribution is 2.20. The lowest BCUT2D eigenvalue weighted by molar-refractivity contribution is -0.141. The number of aromatic nitrogens is 3. The molecule has 8 nitrogen and oxygen atoms in total. The van der Waals surface area contributed by atoms with Crippen LogP contribution in [0.15, 0.2) is 60.9 Å². The SMILES string of the molecule is Cc1ccn(CCC(=O)N(Cc2ccc(OCc3ccccn3)cc2)[C@H]2CCCCNC2=O)n1.